The number of benzene rings is 1. The molecule has 2 amide bonds. The number of nitrogens with two attached hydrogens (primary N) is 1. The van der Waals surface area contributed by atoms with Crippen molar-refractivity contribution >= 4 is 11.8 Å². The van der Waals surface area contributed by atoms with Gasteiger partial charge in [0.1, 0.15) is 12.1 Å². The number of hydrogen-bond donors (Lipinski definition) is 2. The van der Waals surface area contributed by atoms with E-state index < -0.39 is 12.1 Å². The van der Waals surface area contributed by atoms with Gasteiger partial charge in [-0.15, -0.1) is 0 Å². The Morgan fingerprint density at radius 3 is 2.24 bits per heavy atom. The summed E-state index contributed by atoms with van der Waals surface area (Å²) in [6.07, 6.45) is 0.588. The molecule has 0 aliphatic carbocycles. The molecule has 0 heterocycles. The summed E-state index contributed by atoms with van der Waals surface area (Å²) in [5.74, 6) is -0.147. The molecule has 0 radical (unpaired) electrons. The van der Waals surface area contributed by atoms with Crippen molar-refractivity contribution in [1.82, 2.24) is 10.2 Å². The van der Waals surface area contributed by atoms with Gasteiger partial charge in [0.15, 0.2) is 0 Å². The topological polar surface area (TPSA) is 75.4 Å². The molecule has 1 aromatic rings. The zero-order valence-electron chi connectivity index (χ0n) is 13.2. The minimum absolute atomic E-state index is 0.114. The summed E-state index contributed by atoms with van der Waals surface area (Å²) in [5.41, 5.74) is 6.69. The predicted molar refractivity (Wildman–Crippen MR) is 83.5 cm³/mol. The van der Waals surface area contributed by atoms with Gasteiger partial charge >= 0.3 is 0 Å². The Morgan fingerprint density at radius 2 is 1.76 bits per heavy atom. The number of carbonyl (C=O) groups excluding carboxylic acids is 2. The first-order valence-corrected chi connectivity index (χ1v) is 7.15. The third-order valence-corrected chi connectivity index (χ3v) is 3.20. The fourth-order valence-corrected chi connectivity index (χ4v) is 2.08. The van der Waals surface area contributed by atoms with Crippen molar-refractivity contribution in [2.75, 3.05) is 14.1 Å². The SMILES string of the molecule is CC(C)CC(NC(=O)[C@@H](N)c1ccccc1)C(=O)N(C)C. The Hall–Kier alpha value is -1.88. The van der Waals surface area contributed by atoms with Gasteiger partial charge in [-0.2, -0.15) is 0 Å². The van der Waals surface area contributed by atoms with E-state index in [-0.39, 0.29) is 11.8 Å². The lowest BCUT2D eigenvalue weighted by Crippen LogP contribution is -2.49. The first-order chi connectivity index (χ1) is 9.82. The first kappa shape index (κ1) is 17.2. The second-order valence-corrected chi connectivity index (χ2v) is 5.81. The maximum absolute atomic E-state index is 12.3. The predicted octanol–water partition coefficient (Wildman–Crippen LogP) is 1.31. The summed E-state index contributed by atoms with van der Waals surface area (Å²) in [6, 6.07) is 7.83. The van der Waals surface area contributed by atoms with Crippen LogP contribution in [0.2, 0.25) is 0 Å². The highest BCUT2D eigenvalue weighted by atomic mass is 16.2. The summed E-state index contributed by atoms with van der Waals surface area (Å²) in [5, 5.41) is 2.77. The van der Waals surface area contributed by atoms with Crippen LogP contribution in [0, 0.1) is 5.92 Å². The van der Waals surface area contributed by atoms with Gasteiger partial charge in [0.25, 0.3) is 0 Å². The minimum atomic E-state index is -0.768. The number of nitrogens with one attached hydrogen (secondary N) is 1. The molecule has 5 nitrogen and oxygen atoms in total. The van der Waals surface area contributed by atoms with E-state index in [1.807, 2.05) is 32.0 Å². The summed E-state index contributed by atoms with van der Waals surface area (Å²) < 4.78 is 0. The van der Waals surface area contributed by atoms with Gasteiger partial charge in [0.05, 0.1) is 0 Å². The summed E-state index contributed by atoms with van der Waals surface area (Å²) in [6.45, 7) is 4.03. The lowest BCUT2D eigenvalue weighted by atomic mass is 10.0. The van der Waals surface area contributed by atoms with Crippen molar-refractivity contribution < 1.29 is 9.59 Å². The highest BCUT2D eigenvalue weighted by Gasteiger charge is 2.26. The largest absolute Gasteiger partial charge is 0.347 e. The second-order valence-electron chi connectivity index (χ2n) is 5.81. The van der Waals surface area contributed by atoms with E-state index in [1.165, 1.54) is 4.90 Å². The molecule has 0 spiro atoms. The van der Waals surface area contributed by atoms with Gasteiger partial charge in [0, 0.05) is 14.1 Å². The normalized spacial score (nSPS) is 13.6. The van der Waals surface area contributed by atoms with Crippen LogP contribution in [0.25, 0.3) is 0 Å². The van der Waals surface area contributed by atoms with Crippen LogP contribution in [0.3, 0.4) is 0 Å². The van der Waals surface area contributed by atoms with Crippen LogP contribution in [0.5, 0.6) is 0 Å². The third-order valence-electron chi connectivity index (χ3n) is 3.20. The molecule has 0 aliphatic heterocycles. The average Bonchev–Trinajstić information content (AvgIpc) is 2.45. The molecule has 116 valence electrons. The van der Waals surface area contributed by atoms with E-state index in [2.05, 4.69) is 5.32 Å². The Labute approximate surface area is 126 Å². The Kier molecular flexibility index (Phi) is 6.37. The standard InChI is InChI=1S/C16H25N3O2/c1-11(2)10-13(16(21)19(3)4)18-15(20)14(17)12-8-6-5-7-9-12/h5-9,11,13-14H,10,17H2,1-4H3,(H,18,20)/t13?,14-/m0/s1. The number of likely N-dealkylation sites (N-methyl/N-ethyl adjacent to an activating group) is 1. The molecule has 1 rings (SSSR count). The molecule has 0 aromatic heterocycles. The van der Waals surface area contributed by atoms with Crippen molar-refractivity contribution in [1.29, 1.82) is 0 Å². The van der Waals surface area contributed by atoms with Crippen molar-refractivity contribution in [3.63, 3.8) is 0 Å². The van der Waals surface area contributed by atoms with Crippen molar-refractivity contribution in [2.45, 2.75) is 32.4 Å². The number of carbonyl (C=O) groups is 2. The molecule has 0 fully saturated rings. The van der Waals surface area contributed by atoms with E-state index in [1.54, 1.807) is 26.2 Å². The smallest absolute Gasteiger partial charge is 0.244 e. The third kappa shape index (κ3) is 5.19. The van der Waals surface area contributed by atoms with Crippen molar-refractivity contribution in [3.05, 3.63) is 35.9 Å². The zero-order valence-corrected chi connectivity index (χ0v) is 13.2. The van der Waals surface area contributed by atoms with Crippen molar-refractivity contribution in [3.8, 4) is 0 Å². The zero-order chi connectivity index (χ0) is 16.0. The quantitative estimate of drug-likeness (QED) is 0.829. The van der Waals surface area contributed by atoms with Gasteiger partial charge in [-0.3, -0.25) is 9.59 Å². The van der Waals surface area contributed by atoms with Crippen LogP contribution < -0.4 is 11.1 Å². The van der Waals surface area contributed by atoms with Crippen LogP contribution in [0.15, 0.2) is 30.3 Å². The number of nitrogens with zero attached hydrogens (tertiary/aromatic N) is 1. The van der Waals surface area contributed by atoms with Gasteiger partial charge in [-0.25, -0.2) is 0 Å². The number of rotatable bonds is 6. The molecule has 1 unspecified atom stereocenters. The van der Waals surface area contributed by atoms with Gasteiger partial charge in [0.2, 0.25) is 11.8 Å². The van der Waals surface area contributed by atoms with E-state index in [0.29, 0.717) is 12.3 Å². The van der Waals surface area contributed by atoms with E-state index >= 15 is 0 Å². The molecule has 0 saturated carbocycles. The monoisotopic (exact) mass is 291 g/mol. The summed E-state index contributed by atoms with van der Waals surface area (Å²) in [4.78, 5) is 25.9. The molecular formula is C16H25N3O2. The molecule has 3 N–H and O–H groups in total. The van der Waals surface area contributed by atoms with Crippen LogP contribution in [0.1, 0.15) is 31.9 Å². The lowest BCUT2D eigenvalue weighted by molar-refractivity contribution is -0.135. The maximum Gasteiger partial charge on any atom is 0.244 e. The van der Waals surface area contributed by atoms with E-state index in [4.69, 9.17) is 5.73 Å². The summed E-state index contributed by atoms with van der Waals surface area (Å²) >= 11 is 0. The fraction of sp³-hybridized carbons (Fsp3) is 0.500. The van der Waals surface area contributed by atoms with Crippen molar-refractivity contribution in [2.24, 2.45) is 11.7 Å². The van der Waals surface area contributed by atoms with Gasteiger partial charge in [-0.1, -0.05) is 44.2 Å². The molecule has 5 heteroatoms. The molecule has 21 heavy (non-hydrogen) atoms. The second kappa shape index (κ2) is 7.78. The van der Waals surface area contributed by atoms with Gasteiger partial charge < -0.3 is 16.0 Å². The minimum Gasteiger partial charge on any atom is -0.347 e. The Balaban J connectivity index is 2.78. The van der Waals surface area contributed by atoms with Crippen LogP contribution in [-0.4, -0.2) is 36.9 Å². The van der Waals surface area contributed by atoms with Crippen LogP contribution >= 0.6 is 0 Å². The van der Waals surface area contributed by atoms with Gasteiger partial charge in [-0.05, 0) is 17.9 Å². The number of amides is 2. The van der Waals surface area contributed by atoms with Crippen LogP contribution in [-0.2, 0) is 9.59 Å². The molecule has 2 atom stereocenters. The average molecular weight is 291 g/mol. The van der Waals surface area contributed by atoms with E-state index in [0.717, 1.165) is 5.56 Å². The highest BCUT2D eigenvalue weighted by molar-refractivity contribution is 5.90. The fourth-order valence-electron chi connectivity index (χ4n) is 2.08. The maximum atomic E-state index is 12.3. The first-order valence-electron chi connectivity index (χ1n) is 7.15. The molecule has 0 aliphatic rings. The van der Waals surface area contributed by atoms with Crippen LogP contribution in [0.4, 0.5) is 0 Å². The molecular weight excluding hydrogens is 266 g/mol. The lowest BCUT2D eigenvalue weighted by Gasteiger charge is -2.24. The molecule has 0 saturated heterocycles. The molecule has 0 bridgehead atoms. The highest BCUT2D eigenvalue weighted by Crippen LogP contribution is 2.12. The summed E-state index contributed by atoms with van der Waals surface area (Å²) in [7, 11) is 3.36. The number of hydrogen-bond acceptors (Lipinski definition) is 3. The Morgan fingerprint density at radius 1 is 1.19 bits per heavy atom. The molecule has 1 aromatic carbocycles. The van der Waals surface area contributed by atoms with E-state index in [9.17, 15) is 9.59 Å². The Bertz CT molecular complexity index is 472.